The molecule has 7 heteroatoms. The maximum Gasteiger partial charge on any atom is 0.573 e. The third-order valence-corrected chi connectivity index (χ3v) is 1.60. The molecule has 1 aromatic carbocycles. The first-order valence-corrected chi connectivity index (χ1v) is 4.33. The van der Waals surface area contributed by atoms with Gasteiger partial charge >= 0.3 is 12.3 Å². The fraction of sp³-hybridized carbons (Fsp3) is 0.100. The SMILES string of the molecule is Nc1cc(/C=C/C(=O)O)cc(OC(F)(F)F)c1. The second-order valence-electron chi connectivity index (χ2n) is 3.05. The topological polar surface area (TPSA) is 72.6 Å². The third-order valence-electron chi connectivity index (χ3n) is 1.60. The molecular formula is C10H8F3NO3. The second-order valence-corrected chi connectivity index (χ2v) is 3.05. The Morgan fingerprint density at radius 1 is 1.35 bits per heavy atom. The number of halogens is 3. The lowest BCUT2D eigenvalue weighted by Crippen LogP contribution is -2.17. The summed E-state index contributed by atoms with van der Waals surface area (Å²) in [5, 5.41) is 8.37. The molecule has 0 aromatic heterocycles. The maximum absolute atomic E-state index is 11.9. The van der Waals surface area contributed by atoms with Gasteiger partial charge in [-0.1, -0.05) is 0 Å². The van der Waals surface area contributed by atoms with Gasteiger partial charge in [0.25, 0.3) is 0 Å². The normalized spacial score (nSPS) is 11.7. The molecule has 0 spiro atoms. The van der Waals surface area contributed by atoms with Gasteiger partial charge in [0.15, 0.2) is 0 Å². The lowest BCUT2D eigenvalue weighted by molar-refractivity contribution is -0.274. The molecule has 1 aromatic rings. The van der Waals surface area contributed by atoms with Crippen molar-refractivity contribution in [2.24, 2.45) is 0 Å². The van der Waals surface area contributed by atoms with Crippen LogP contribution in [0.15, 0.2) is 24.3 Å². The first-order valence-electron chi connectivity index (χ1n) is 4.33. The van der Waals surface area contributed by atoms with Gasteiger partial charge in [-0.2, -0.15) is 0 Å². The van der Waals surface area contributed by atoms with Crippen molar-refractivity contribution in [3.8, 4) is 5.75 Å². The van der Waals surface area contributed by atoms with Gasteiger partial charge in [-0.05, 0) is 23.8 Å². The fourth-order valence-electron chi connectivity index (χ4n) is 1.10. The minimum atomic E-state index is -4.82. The van der Waals surface area contributed by atoms with Gasteiger partial charge in [0.2, 0.25) is 0 Å². The van der Waals surface area contributed by atoms with Crippen LogP contribution >= 0.6 is 0 Å². The van der Waals surface area contributed by atoms with Crippen molar-refractivity contribution in [3.63, 3.8) is 0 Å². The first-order chi connectivity index (χ1) is 7.76. The zero-order valence-electron chi connectivity index (χ0n) is 8.36. The van der Waals surface area contributed by atoms with Gasteiger partial charge in [-0.25, -0.2) is 4.79 Å². The summed E-state index contributed by atoms with van der Waals surface area (Å²) in [5.41, 5.74) is 5.60. The summed E-state index contributed by atoms with van der Waals surface area (Å²) in [6, 6.07) is 3.34. The largest absolute Gasteiger partial charge is 0.573 e. The van der Waals surface area contributed by atoms with E-state index in [0.717, 1.165) is 24.3 Å². The molecule has 3 N–H and O–H groups in total. The monoisotopic (exact) mass is 247 g/mol. The minimum Gasteiger partial charge on any atom is -0.478 e. The highest BCUT2D eigenvalue weighted by molar-refractivity contribution is 5.85. The molecule has 92 valence electrons. The molecule has 0 unspecified atom stereocenters. The quantitative estimate of drug-likeness (QED) is 0.634. The lowest BCUT2D eigenvalue weighted by atomic mass is 10.2. The molecule has 0 amide bonds. The number of anilines is 1. The highest BCUT2D eigenvalue weighted by Crippen LogP contribution is 2.26. The highest BCUT2D eigenvalue weighted by Gasteiger charge is 2.31. The zero-order valence-corrected chi connectivity index (χ0v) is 8.36. The molecule has 0 atom stereocenters. The van der Waals surface area contributed by atoms with Gasteiger partial charge < -0.3 is 15.6 Å². The molecule has 0 fully saturated rings. The van der Waals surface area contributed by atoms with E-state index < -0.39 is 18.1 Å². The van der Waals surface area contributed by atoms with Crippen LogP contribution in [0.1, 0.15) is 5.56 Å². The van der Waals surface area contributed by atoms with Crippen LogP contribution in [0.3, 0.4) is 0 Å². The average Bonchev–Trinajstić information content (AvgIpc) is 2.10. The van der Waals surface area contributed by atoms with Gasteiger partial charge in [-0.15, -0.1) is 13.2 Å². The van der Waals surface area contributed by atoms with Crippen LogP contribution in [0.2, 0.25) is 0 Å². The number of ether oxygens (including phenoxy) is 1. The Kier molecular flexibility index (Phi) is 3.62. The minimum absolute atomic E-state index is 0.0387. The van der Waals surface area contributed by atoms with Gasteiger partial charge in [0.05, 0.1) is 0 Å². The summed E-state index contributed by atoms with van der Waals surface area (Å²) >= 11 is 0. The molecule has 0 heterocycles. The number of hydrogen-bond donors (Lipinski definition) is 2. The van der Waals surface area contributed by atoms with Crippen molar-refractivity contribution in [1.82, 2.24) is 0 Å². The Bertz CT molecular complexity index is 455. The summed E-state index contributed by atoms with van der Waals surface area (Å²) in [6.07, 6.45) is -2.92. The molecular weight excluding hydrogens is 239 g/mol. The van der Waals surface area contributed by atoms with Crippen molar-refractivity contribution < 1.29 is 27.8 Å². The third kappa shape index (κ3) is 4.92. The van der Waals surface area contributed by atoms with Crippen LogP contribution in [0.4, 0.5) is 18.9 Å². The molecule has 0 bridgehead atoms. The predicted molar refractivity (Wildman–Crippen MR) is 54.2 cm³/mol. The number of nitrogens with two attached hydrogens (primary N) is 1. The highest BCUT2D eigenvalue weighted by atomic mass is 19.4. The summed E-state index contributed by atoms with van der Waals surface area (Å²) in [5.74, 6) is -1.71. The van der Waals surface area contributed by atoms with Crippen LogP contribution in [0.25, 0.3) is 6.08 Å². The summed E-state index contributed by atoms with van der Waals surface area (Å²) in [7, 11) is 0. The standard InChI is InChI=1S/C10H8F3NO3/c11-10(12,13)17-8-4-6(1-2-9(15)16)3-7(14)5-8/h1-5H,14H2,(H,15,16)/b2-1+. The molecule has 4 nitrogen and oxygen atoms in total. The zero-order chi connectivity index (χ0) is 13.1. The predicted octanol–water partition coefficient (Wildman–Crippen LogP) is 2.27. The van der Waals surface area contributed by atoms with E-state index in [9.17, 15) is 18.0 Å². The fourth-order valence-corrected chi connectivity index (χ4v) is 1.10. The number of rotatable bonds is 3. The van der Waals surface area contributed by atoms with E-state index in [4.69, 9.17) is 10.8 Å². The van der Waals surface area contributed by atoms with Gasteiger partial charge in [0, 0.05) is 17.8 Å². The van der Waals surface area contributed by atoms with E-state index in [1.54, 1.807) is 0 Å². The lowest BCUT2D eigenvalue weighted by Gasteiger charge is -2.10. The van der Waals surface area contributed by atoms with Gasteiger partial charge in [-0.3, -0.25) is 0 Å². The van der Waals surface area contributed by atoms with Crippen molar-refractivity contribution >= 4 is 17.7 Å². The Balaban J connectivity index is 2.98. The van der Waals surface area contributed by atoms with Crippen LogP contribution in [0, 0.1) is 0 Å². The van der Waals surface area contributed by atoms with E-state index in [1.165, 1.54) is 6.07 Å². The molecule has 0 saturated carbocycles. The number of nitrogen functional groups attached to an aromatic ring is 1. The van der Waals surface area contributed by atoms with E-state index in [1.807, 2.05) is 0 Å². The maximum atomic E-state index is 11.9. The molecule has 1 rings (SSSR count). The number of aliphatic carboxylic acids is 1. The number of carbonyl (C=O) groups is 1. The number of carboxylic acid groups (broad SMARTS) is 1. The summed E-state index contributed by atoms with van der Waals surface area (Å²) in [6.45, 7) is 0. The van der Waals surface area contributed by atoms with Crippen LogP contribution < -0.4 is 10.5 Å². The molecule has 17 heavy (non-hydrogen) atoms. The first kappa shape index (κ1) is 12.9. The molecule has 0 aliphatic heterocycles. The van der Waals surface area contributed by atoms with Crippen LogP contribution in [-0.4, -0.2) is 17.4 Å². The molecule has 0 aliphatic carbocycles. The molecule has 0 radical (unpaired) electrons. The second kappa shape index (κ2) is 4.77. The van der Waals surface area contributed by atoms with Crippen molar-refractivity contribution in [1.29, 1.82) is 0 Å². The average molecular weight is 247 g/mol. The van der Waals surface area contributed by atoms with Crippen LogP contribution in [-0.2, 0) is 4.79 Å². The number of carboxylic acids is 1. The van der Waals surface area contributed by atoms with E-state index >= 15 is 0 Å². The van der Waals surface area contributed by atoms with Crippen molar-refractivity contribution in [2.45, 2.75) is 6.36 Å². The Hall–Kier alpha value is -2.18. The number of hydrogen-bond acceptors (Lipinski definition) is 3. The number of benzene rings is 1. The van der Waals surface area contributed by atoms with Crippen molar-refractivity contribution in [2.75, 3.05) is 5.73 Å². The molecule has 0 aliphatic rings. The van der Waals surface area contributed by atoms with E-state index in [2.05, 4.69) is 4.74 Å². The summed E-state index contributed by atoms with van der Waals surface area (Å²) in [4.78, 5) is 10.2. The van der Waals surface area contributed by atoms with Gasteiger partial charge in [0.1, 0.15) is 5.75 Å². The molecule has 0 saturated heterocycles. The van der Waals surface area contributed by atoms with Crippen molar-refractivity contribution in [3.05, 3.63) is 29.8 Å². The Morgan fingerprint density at radius 2 is 2.00 bits per heavy atom. The number of alkyl halides is 3. The van der Waals surface area contributed by atoms with E-state index in [-0.39, 0.29) is 11.3 Å². The Morgan fingerprint density at radius 3 is 2.53 bits per heavy atom. The Labute approximate surface area is 94.1 Å². The summed E-state index contributed by atoms with van der Waals surface area (Å²) < 4.78 is 39.5. The smallest absolute Gasteiger partial charge is 0.478 e. The van der Waals surface area contributed by atoms with Crippen LogP contribution in [0.5, 0.6) is 5.75 Å². The van der Waals surface area contributed by atoms with E-state index in [0.29, 0.717) is 0 Å².